The van der Waals surface area contributed by atoms with Gasteiger partial charge in [-0.05, 0) is 40.8 Å². The fourth-order valence-corrected chi connectivity index (χ4v) is 2.41. The first-order chi connectivity index (χ1) is 6.47. The van der Waals surface area contributed by atoms with Crippen molar-refractivity contribution >= 4 is 38.5 Å². The Morgan fingerprint density at radius 1 is 1.36 bits per heavy atom. The van der Waals surface area contributed by atoms with Crippen LogP contribution in [0.15, 0.2) is 18.2 Å². The summed E-state index contributed by atoms with van der Waals surface area (Å²) in [5.41, 5.74) is -0.112. The van der Waals surface area contributed by atoms with Crippen molar-refractivity contribution in [1.29, 1.82) is 0 Å². The van der Waals surface area contributed by atoms with E-state index < -0.39 is 11.7 Å². The molecule has 78 valence electrons. The van der Waals surface area contributed by atoms with Crippen LogP contribution in [0.1, 0.15) is 12.0 Å². The summed E-state index contributed by atoms with van der Waals surface area (Å²) in [5.74, 6) is -3.39. The van der Waals surface area contributed by atoms with Gasteiger partial charge in [-0.25, -0.2) is 13.2 Å². The van der Waals surface area contributed by atoms with Crippen molar-refractivity contribution in [3.8, 4) is 0 Å². The molecule has 0 spiro atoms. The molecule has 0 N–H and O–H groups in total. The Bertz CT molecular complexity index is 328. The summed E-state index contributed by atoms with van der Waals surface area (Å²) in [6, 6.07) is 3.30. The van der Waals surface area contributed by atoms with Gasteiger partial charge < -0.3 is 0 Å². The predicted molar refractivity (Wildman–Crippen MR) is 61.4 cm³/mol. The summed E-state index contributed by atoms with van der Waals surface area (Å²) in [4.78, 5) is 0. The number of hydrogen-bond donors (Lipinski definition) is 0. The van der Waals surface area contributed by atoms with Crippen molar-refractivity contribution in [2.75, 3.05) is 5.33 Å². The smallest absolute Gasteiger partial charge is 0.207 e. The minimum atomic E-state index is -2.90. The topological polar surface area (TPSA) is 0 Å². The summed E-state index contributed by atoms with van der Waals surface area (Å²) >= 11 is 4.68. The highest BCUT2D eigenvalue weighted by molar-refractivity contribution is 14.1. The highest BCUT2D eigenvalue weighted by Crippen LogP contribution is 2.35. The number of benzene rings is 1. The fourth-order valence-electron chi connectivity index (χ4n) is 1.04. The lowest BCUT2D eigenvalue weighted by Gasteiger charge is -2.16. The van der Waals surface area contributed by atoms with E-state index in [4.69, 9.17) is 0 Å². The molecule has 0 aliphatic heterocycles. The molecule has 0 aliphatic rings. The summed E-state index contributed by atoms with van der Waals surface area (Å²) in [6.07, 6.45) is -0.283. The first-order valence-electron chi connectivity index (χ1n) is 3.86. The average molecular weight is 379 g/mol. The van der Waals surface area contributed by atoms with E-state index in [1.165, 1.54) is 0 Å². The van der Waals surface area contributed by atoms with Gasteiger partial charge in [0.15, 0.2) is 0 Å². The van der Waals surface area contributed by atoms with E-state index in [2.05, 4.69) is 15.9 Å². The molecule has 0 saturated carbocycles. The Balaban J connectivity index is 3.06. The third-order valence-electron chi connectivity index (χ3n) is 1.73. The average Bonchev–Trinajstić information content (AvgIpc) is 2.02. The van der Waals surface area contributed by atoms with Gasteiger partial charge in [-0.2, -0.15) is 0 Å². The lowest BCUT2D eigenvalue weighted by Crippen LogP contribution is -2.15. The molecule has 0 saturated heterocycles. The molecule has 1 aromatic rings. The molecule has 0 heterocycles. The van der Waals surface area contributed by atoms with Crippen LogP contribution in [0, 0.1) is 9.39 Å². The molecule has 0 aromatic heterocycles. The van der Waals surface area contributed by atoms with Crippen LogP contribution in [-0.2, 0) is 5.92 Å². The van der Waals surface area contributed by atoms with Crippen molar-refractivity contribution in [2.24, 2.45) is 0 Å². The lowest BCUT2D eigenvalue weighted by molar-refractivity contribution is -0.00761. The van der Waals surface area contributed by atoms with E-state index >= 15 is 0 Å². The monoisotopic (exact) mass is 378 g/mol. The maximum Gasteiger partial charge on any atom is 0.275 e. The Morgan fingerprint density at radius 2 is 2.00 bits per heavy atom. The van der Waals surface area contributed by atoms with Crippen LogP contribution in [-0.4, -0.2) is 5.33 Å². The highest BCUT2D eigenvalue weighted by Gasteiger charge is 2.32. The number of halogens is 5. The SMILES string of the molecule is Fc1ccc(C(F)(F)CCBr)c(I)c1. The van der Waals surface area contributed by atoms with E-state index in [-0.39, 0.29) is 20.9 Å². The number of rotatable bonds is 3. The molecule has 0 bridgehead atoms. The second-order valence-electron chi connectivity index (χ2n) is 2.77. The van der Waals surface area contributed by atoms with Gasteiger partial charge in [0.25, 0.3) is 5.92 Å². The maximum atomic E-state index is 13.4. The van der Waals surface area contributed by atoms with Crippen molar-refractivity contribution in [3.05, 3.63) is 33.1 Å². The van der Waals surface area contributed by atoms with Gasteiger partial charge in [0.2, 0.25) is 0 Å². The van der Waals surface area contributed by atoms with Crippen molar-refractivity contribution < 1.29 is 13.2 Å². The van der Waals surface area contributed by atoms with Crippen LogP contribution in [0.25, 0.3) is 0 Å². The normalized spacial score (nSPS) is 11.8. The van der Waals surface area contributed by atoms with E-state index in [1.54, 1.807) is 22.6 Å². The van der Waals surface area contributed by atoms with Crippen molar-refractivity contribution in [1.82, 2.24) is 0 Å². The van der Waals surface area contributed by atoms with Crippen LogP contribution >= 0.6 is 38.5 Å². The third kappa shape index (κ3) is 2.85. The van der Waals surface area contributed by atoms with E-state index in [0.717, 1.165) is 18.2 Å². The molecule has 0 atom stereocenters. The third-order valence-corrected chi connectivity index (χ3v) is 3.02. The van der Waals surface area contributed by atoms with Gasteiger partial charge >= 0.3 is 0 Å². The Morgan fingerprint density at radius 3 is 2.50 bits per heavy atom. The van der Waals surface area contributed by atoms with Gasteiger partial charge in [-0.15, -0.1) is 0 Å². The van der Waals surface area contributed by atoms with E-state index in [1.807, 2.05) is 0 Å². The van der Waals surface area contributed by atoms with E-state index in [9.17, 15) is 13.2 Å². The zero-order valence-electron chi connectivity index (χ0n) is 7.04. The molecule has 0 aliphatic carbocycles. The van der Waals surface area contributed by atoms with Crippen molar-refractivity contribution in [3.63, 3.8) is 0 Å². The molecule has 0 amide bonds. The van der Waals surface area contributed by atoms with Crippen LogP contribution in [0.2, 0.25) is 0 Å². The second-order valence-corrected chi connectivity index (χ2v) is 4.72. The van der Waals surface area contributed by atoms with Crippen LogP contribution < -0.4 is 0 Å². The van der Waals surface area contributed by atoms with Crippen LogP contribution in [0.5, 0.6) is 0 Å². The first-order valence-corrected chi connectivity index (χ1v) is 6.06. The molecule has 14 heavy (non-hydrogen) atoms. The molecule has 5 heteroatoms. The molecule has 1 rings (SSSR count). The number of hydrogen-bond acceptors (Lipinski definition) is 0. The molecule has 0 fully saturated rings. The summed E-state index contributed by atoms with van der Waals surface area (Å²) < 4.78 is 39.7. The van der Waals surface area contributed by atoms with Gasteiger partial charge in [0, 0.05) is 20.9 Å². The molecular formula is C9H7BrF3I. The van der Waals surface area contributed by atoms with Gasteiger partial charge in [-0.1, -0.05) is 15.9 Å². The first kappa shape index (κ1) is 12.3. The summed E-state index contributed by atoms with van der Waals surface area (Å²) in [7, 11) is 0. The zero-order chi connectivity index (χ0) is 10.8. The molecule has 0 radical (unpaired) electrons. The Hall–Kier alpha value is 0.220. The van der Waals surface area contributed by atoms with Crippen LogP contribution in [0.4, 0.5) is 13.2 Å². The maximum absolute atomic E-state index is 13.4. The summed E-state index contributed by atoms with van der Waals surface area (Å²) in [6.45, 7) is 0. The van der Waals surface area contributed by atoms with Crippen molar-refractivity contribution in [2.45, 2.75) is 12.3 Å². The molecule has 0 unspecified atom stereocenters. The molecule has 1 aromatic carbocycles. The second kappa shape index (κ2) is 4.83. The zero-order valence-corrected chi connectivity index (χ0v) is 10.8. The standard InChI is InChI=1S/C9H7BrF3I/c10-4-3-9(12,13)7-2-1-6(11)5-8(7)14/h1-2,5H,3-4H2. The van der Waals surface area contributed by atoms with E-state index in [0.29, 0.717) is 0 Å². The largest absolute Gasteiger partial charge is 0.275 e. The quantitative estimate of drug-likeness (QED) is 0.543. The molecule has 0 nitrogen and oxygen atoms in total. The van der Waals surface area contributed by atoms with Gasteiger partial charge in [0.05, 0.1) is 0 Å². The van der Waals surface area contributed by atoms with Crippen LogP contribution in [0.3, 0.4) is 0 Å². The number of alkyl halides is 3. The van der Waals surface area contributed by atoms with Gasteiger partial charge in [0.1, 0.15) is 5.82 Å². The lowest BCUT2D eigenvalue weighted by atomic mass is 10.1. The fraction of sp³-hybridized carbons (Fsp3) is 0.333. The minimum Gasteiger partial charge on any atom is -0.207 e. The molecular weight excluding hydrogens is 372 g/mol. The summed E-state index contributed by atoms with van der Waals surface area (Å²) in [5, 5.41) is 0.216. The highest BCUT2D eigenvalue weighted by atomic mass is 127. The minimum absolute atomic E-state index is 0.112. The Kier molecular flexibility index (Phi) is 4.24. The van der Waals surface area contributed by atoms with Gasteiger partial charge in [-0.3, -0.25) is 0 Å². The Labute approximate surface area is 102 Å². The predicted octanol–water partition coefficient (Wildman–Crippen LogP) is 4.31.